The number of rotatable bonds is 1. The molecule has 0 heterocycles. The fourth-order valence-electron chi connectivity index (χ4n) is 0. The van der Waals surface area contributed by atoms with E-state index >= 15 is 0 Å². The van der Waals surface area contributed by atoms with Crippen molar-refractivity contribution in [1.82, 2.24) is 4.90 Å². The maximum Gasteiger partial charge on any atom is 1.00 e. The summed E-state index contributed by atoms with van der Waals surface area (Å²) in [5, 5.41) is 10.2. The minimum absolute atomic E-state index is 0. The van der Waals surface area contributed by atoms with Crippen molar-refractivity contribution < 1.29 is 24.0 Å². The average Bonchev–Trinajstić information content (AvgIpc) is 1.36. The Bertz CT molecular complexity index is 32.7. The van der Waals surface area contributed by atoms with Gasteiger partial charge in [0.05, 0.1) is 0 Å². The van der Waals surface area contributed by atoms with Crippen molar-refractivity contribution in [2.75, 3.05) is 14.1 Å². The minimum Gasteiger partial charge on any atom is -0.841 e. The molecule has 2 nitrogen and oxygen atoms in total. The summed E-state index contributed by atoms with van der Waals surface area (Å²) in [6, 6.07) is 0. The van der Waals surface area contributed by atoms with Crippen LogP contribution < -0.4 is 24.0 Å². The van der Waals surface area contributed by atoms with Crippen LogP contribution in [0.3, 0.4) is 0 Å². The van der Waals surface area contributed by atoms with Gasteiger partial charge >= 0.3 is 18.9 Å². The molecule has 0 radical (unpaired) electrons. The van der Waals surface area contributed by atoms with Crippen molar-refractivity contribution in [3.8, 4) is 0 Å². The largest absolute Gasteiger partial charge is 1.00 e. The quantitative estimate of drug-likeness (QED) is 0.247. The van der Waals surface area contributed by atoms with Gasteiger partial charge in [-0.3, -0.25) is 0 Å². The Morgan fingerprint density at radius 3 is 1.57 bits per heavy atom. The Morgan fingerprint density at radius 1 is 1.43 bits per heavy atom. The monoisotopic (exact) mass is 95.1 g/mol. The molecule has 0 aromatic rings. The first-order valence-electron chi connectivity index (χ1n) is 1.97. The van der Waals surface area contributed by atoms with Crippen LogP contribution in [0.25, 0.3) is 0 Å². The summed E-state index contributed by atoms with van der Waals surface area (Å²) in [4.78, 5) is 1.61. The molecule has 1 atom stereocenters. The van der Waals surface area contributed by atoms with Gasteiger partial charge in [-0.25, -0.2) is 0 Å². The molecule has 3 heteroatoms. The van der Waals surface area contributed by atoms with Crippen LogP contribution in [0.15, 0.2) is 0 Å². The summed E-state index contributed by atoms with van der Waals surface area (Å²) >= 11 is 0. The third kappa shape index (κ3) is 6.52. The van der Waals surface area contributed by atoms with E-state index < -0.39 is 6.23 Å². The number of hydrogen-bond acceptors (Lipinski definition) is 2. The topological polar surface area (TPSA) is 26.3 Å². The van der Waals surface area contributed by atoms with Gasteiger partial charge in [0.25, 0.3) is 0 Å². The van der Waals surface area contributed by atoms with Crippen molar-refractivity contribution in [2.45, 2.75) is 13.2 Å². The Balaban J connectivity index is 0. The average molecular weight is 95.1 g/mol. The molecule has 0 unspecified atom stereocenters. The summed E-state index contributed by atoms with van der Waals surface area (Å²) in [7, 11) is 3.52. The SMILES string of the molecule is C[C@@H]([O-])N(C)C.[Li+]. The van der Waals surface area contributed by atoms with Crippen LogP contribution in [-0.4, -0.2) is 25.2 Å². The molecule has 0 spiro atoms. The summed E-state index contributed by atoms with van der Waals surface area (Å²) in [6.45, 7) is 1.61. The van der Waals surface area contributed by atoms with Crippen molar-refractivity contribution in [1.29, 1.82) is 0 Å². The van der Waals surface area contributed by atoms with E-state index in [9.17, 15) is 5.11 Å². The van der Waals surface area contributed by atoms with Crippen LogP contribution in [-0.2, 0) is 0 Å². The Labute approximate surface area is 56.7 Å². The maximum absolute atomic E-state index is 10.2. The molecular weight excluding hydrogens is 85.0 g/mol. The Morgan fingerprint density at radius 2 is 1.57 bits per heavy atom. The molecule has 0 aliphatic heterocycles. The molecule has 0 aliphatic rings. The van der Waals surface area contributed by atoms with Gasteiger partial charge in [0.1, 0.15) is 0 Å². The van der Waals surface area contributed by atoms with E-state index in [0.29, 0.717) is 0 Å². The molecule has 0 amide bonds. The van der Waals surface area contributed by atoms with E-state index in [1.54, 1.807) is 25.9 Å². The minimum atomic E-state index is -0.565. The zero-order valence-corrected chi connectivity index (χ0v) is 5.43. The van der Waals surface area contributed by atoms with Gasteiger partial charge in [-0.1, -0.05) is 13.2 Å². The first kappa shape index (κ1) is 10.5. The molecule has 0 N–H and O–H groups in total. The van der Waals surface area contributed by atoms with Gasteiger partial charge in [0.2, 0.25) is 0 Å². The first-order chi connectivity index (χ1) is 2.64. The molecule has 0 aromatic heterocycles. The molecule has 0 aromatic carbocycles. The van der Waals surface area contributed by atoms with Gasteiger partial charge in [0.15, 0.2) is 0 Å². The van der Waals surface area contributed by atoms with Gasteiger partial charge in [-0.05, 0) is 14.1 Å². The maximum atomic E-state index is 10.2. The molecule has 0 saturated heterocycles. The van der Waals surface area contributed by atoms with Crippen molar-refractivity contribution in [2.24, 2.45) is 0 Å². The van der Waals surface area contributed by atoms with Crippen LogP contribution >= 0.6 is 0 Å². The molecular formula is C4H10LiNO. The predicted octanol–water partition coefficient (Wildman–Crippen LogP) is -3.74. The van der Waals surface area contributed by atoms with E-state index in [4.69, 9.17) is 0 Å². The van der Waals surface area contributed by atoms with Gasteiger partial charge in [-0.2, -0.15) is 0 Å². The summed E-state index contributed by atoms with van der Waals surface area (Å²) in [6.07, 6.45) is -0.565. The molecule has 7 heavy (non-hydrogen) atoms. The predicted molar refractivity (Wildman–Crippen MR) is 23.1 cm³/mol. The van der Waals surface area contributed by atoms with Crippen LogP contribution in [0.5, 0.6) is 0 Å². The van der Waals surface area contributed by atoms with Crippen molar-refractivity contribution >= 4 is 0 Å². The van der Waals surface area contributed by atoms with E-state index in [0.717, 1.165) is 0 Å². The van der Waals surface area contributed by atoms with Crippen molar-refractivity contribution in [3.05, 3.63) is 0 Å². The third-order valence-electron chi connectivity index (χ3n) is 0.727. The summed E-state index contributed by atoms with van der Waals surface area (Å²) < 4.78 is 0. The molecule has 0 fully saturated rings. The fourth-order valence-corrected chi connectivity index (χ4v) is 0. The van der Waals surface area contributed by atoms with Crippen LogP contribution in [0.2, 0.25) is 0 Å². The Hall–Kier alpha value is 0.517. The summed E-state index contributed by atoms with van der Waals surface area (Å²) in [5.74, 6) is 0. The van der Waals surface area contributed by atoms with E-state index in [-0.39, 0.29) is 18.9 Å². The first-order valence-corrected chi connectivity index (χ1v) is 1.97. The zero-order chi connectivity index (χ0) is 5.15. The van der Waals surface area contributed by atoms with Gasteiger partial charge in [-0.15, -0.1) is 0 Å². The number of hydrogen-bond donors (Lipinski definition) is 0. The third-order valence-corrected chi connectivity index (χ3v) is 0.727. The van der Waals surface area contributed by atoms with Crippen LogP contribution in [0.4, 0.5) is 0 Å². The fraction of sp³-hybridized carbons (Fsp3) is 1.00. The van der Waals surface area contributed by atoms with Gasteiger partial charge in [0, 0.05) is 0 Å². The molecule has 0 saturated carbocycles. The molecule has 0 bridgehead atoms. The second-order valence-electron chi connectivity index (χ2n) is 1.56. The Kier molecular flexibility index (Phi) is 7.00. The number of nitrogens with zero attached hydrogens (tertiary/aromatic N) is 1. The van der Waals surface area contributed by atoms with Crippen molar-refractivity contribution in [3.63, 3.8) is 0 Å². The molecule has 0 rings (SSSR count). The second kappa shape index (κ2) is 4.67. The van der Waals surface area contributed by atoms with E-state index in [1.165, 1.54) is 0 Å². The second-order valence-corrected chi connectivity index (χ2v) is 1.56. The van der Waals surface area contributed by atoms with E-state index in [1.807, 2.05) is 0 Å². The van der Waals surface area contributed by atoms with Crippen LogP contribution in [0.1, 0.15) is 6.92 Å². The van der Waals surface area contributed by atoms with E-state index in [2.05, 4.69) is 0 Å². The molecule has 0 aliphatic carbocycles. The summed E-state index contributed by atoms with van der Waals surface area (Å²) in [5.41, 5.74) is 0. The normalized spacial score (nSPS) is 13.3. The smallest absolute Gasteiger partial charge is 0.841 e. The zero-order valence-electron chi connectivity index (χ0n) is 5.43. The van der Waals surface area contributed by atoms with Gasteiger partial charge < -0.3 is 10.0 Å². The van der Waals surface area contributed by atoms with Crippen LogP contribution in [0, 0.1) is 0 Å². The standard InChI is InChI=1S/C4H10NO.Li/c1-4(6)5(2)3;/h4H,1-3H3;/q-1;+1/t4-;/m1./s1. The molecule has 38 valence electrons.